The van der Waals surface area contributed by atoms with Crippen LogP contribution in [0.3, 0.4) is 0 Å². The molecule has 168 valence electrons. The van der Waals surface area contributed by atoms with Crippen LogP contribution in [0.2, 0.25) is 0 Å². The topological polar surface area (TPSA) is 59.9 Å². The Morgan fingerprint density at radius 1 is 1.03 bits per heavy atom. The number of carbonyl (C=O) groups excluding carboxylic acids is 1. The Morgan fingerprint density at radius 3 is 2.67 bits per heavy atom. The van der Waals surface area contributed by atoms with E-state index >= 15 is 0 Å². The number of rotatable bonds is 7. The highest BCUT2D eigenvalue weighted by molar-refractivity contribution is 8.18. The summed E-state index contributed by atoms with van der Waals surface area (Å²) < 4.78 is 25.6. The van der Waals surface area contributed by atoms with Crippen molar-refractivity contribution in [3.8, 4) is 11.5 Å². The zero-order valence-corrected chi connectivity index (χ0v) is 19.1. The third kappa shape index (κ3) is 5.81. The van der Waals surface area contributed by atoms with Crippen molar-refractivity contribution in [2.24, 2.45) is 4.99 Å². The second-order valence-corrected chi connectivity index (χ2v) is 8.38. The summed E-state index contributed by atoms with van der Waals surface area (Å²) in [5.74, 6) is 0.502. The third-order valence-corrected chi connectivity index (χ3v) is 5.68. The molecule has 1 N–H and O–H groups in total. The van der Waals surface area contributed by atoms with Gasteiger partial charge in [0.25, 0.3) is 5.91 Å². The SMILES string of the molecule is CCOc1cc(/C=C2\SC(=Nc3ccccc3F)NC2=O)ccc1OCc1cccc(C)c1. The van der Waals surface area contributed by atoms with Crippen molar-refractivity contribution in [1.29, 1.82) is 0 Å². The molecule has 0 unspecified atom stereocenters. The van der Waals surface area contributed by atoms with Crippen molar-refractivity contribution in [3.63, 3.8) is 0 Å². The summed E-state index contributed by atoms with van der Waals surface area (Å²) in [5, 5.41) is 3.01. The number of carbonyl (C=O) groups is 1. The van der Waals surface area contributed by atoms with Crippen molar-refractivity contribution in [3.05, 3.63) is 94.1 Å². The molecule has 0 saturated carbocycles. The van der Waals surface area contributed by atoms with E-state index in [1.54, 1.807) is 24.3 Å². The highest BCUT2D eigenvalue weighted by atomic mass is 32.2. The molecule has 4 rings (SSSR count). The van der Waals surface area contributed by atoms with E-state index in [0.29, 0.717) is 34.8 Å². The van der Waals surface area contributed by atoms with Gasteiger partial charge in [-0.2, -0.15) is 0 Å². The average Bonchev–Trinajstić information content (AvgIpc) is 3.13. The molecule has 0 aliphatic carbocycles. The number of hydrogen-bond donors (Lipinski definition) is 1. The summed E-state index contributed by atoms with van der Waals surface area (Å²) >= 11 is 1.16. The zero-order valence-electron chi connectivity index (χ0n) is 18.3. The first-order chi connectivity index (χ1) is 16.0. The predicted octanol–water partition coefficient (Wildman–Crippen LogP) is 6.00. The number of thioether (sulfide) groups is 1. The van der Waals surface area contributed by atoms with Gasteiger partial charge in [-0.05, 0) is 67.1 Å². The molecule has 3 aromatic rings. The van der Waals surface area contributed by atoms with E-state index in [-0.39, 0.29) is 11.6 Å². The molecule has 1 saturated heterocycles. The van der Waals surface area contributed by atoms with Gasteiger partial charge in [-0.1, -0.05) is 48.0 Å². The van der Waals surface area contributed by atoms with Gasteiger partial charge >= 0.3 is 0 Å². The maximum Gasteiger partial charge on any atom is 0.264 e. The number of ether oxygens (including phenoxy) is 2. The van der Waals surface area contributed by atoms with Crippen LogP contribution in [0, 0.1) is 12.7 Å². The molecule has 1 aliphatic rings. The number of nitrogens with zero attached hydrogens (tertiary/aromatic N) is 1. The van der Waals surface area contributed by atoms with Gasteiger partial charge in [-0.3, -0.25) is 4.79 Å². The molecule has 7 heteroatoms. The summed E-state index contributed by atoms with van der Waals surface area (Å²) in [5.41, 5.74) is 3.21. The van der Waals surface area contributed by atoms with Gasteiger partial charge in [0.05, 0.1) is 11.5 Å². The lowest BCUT2D eigenvalue weighted by Crippen LogP contribution is -2.19. The van der Waals surface area contributed by atoms with Gasteiger partial charge in [0, 0.05) is 0 Å². The molecule has 5 nitrogen and oxygen atoms in total. The second kappa shape index (κ2) is 10.4. The monoisotopic (exact) mass is 462 g/mol. The van der Waals surface area contributed by atoms with Crippen LogP contribution < -0.4 is 14.8 Å². The van der Waals surface area contributed by atoms with Crippen LogP contribution in [0.1, 0.15) is 23.6 Å². The van der Waals surface area contributed by atoms with Gasteiger partial charge in [0.2, 0.25) is 0 Å². The van der Waals surface area contributed by atoms with Crippen molar-refractivity contribution in [2.75, 3.05) is 6.61 Å². The van der Waals surface area contributed by atoms with Crippen LogP contribution in [0.5, 0.6) is 11.5 Å². The number of aryl methyl sites for hydroxylation is 1. The summed E-state index contributed by atoms with van der Waals surface area (Å²) in [6.07, 6.45) is 1.75. The summed E-state index contributed by atoms with van der Waals surface area (Å²) in [6, 6.07) is 19.8. The molecule has 33 heavy (non-hydrogen) atoms. The number of para-hydroxylation sites is 1. The van der Waals surface area contributed by atoms with Crippen LogP contribution in [0.25, 0.3) is 6.08 Å². The Kier molecular flexibility index (Phi) is 7.10. The van der Waals surface area contributed by atoms with Gasteiger partial charge < -0.3 is 14.8 Å². The minimum atomic E-state index is -0.445. The van der Waals surface area contributed by atoms with Crippen molar-refractivity contribution in [1.82, 2.24) is 5.32 Å². The fourth-order valence-electron chi connectivity index (χ4n) is 3.25. The summed E-state index contributed by atoms with van der Waals surface area (Å²) in [6.45, 7) is 4.86. The molecular weight excluding hydrogens is 439 g/mol. The molecule has 0 aromatic heterocycles. The molecule has 0 spiro atoms. The Labute approximate surface area is 196 Å². The van der Waals surface area contributed by atoms with Gasteiger partial charge in [0.1, 0.15) is 18.1 Å². The molecule has 0 atom stereocenters. The minimum Gasteiger partial charge on any atom is -0.490 e. The number of hydrogen-bond acceptors (Lipinski definition) is 5. The van der Waals surface area contributed by atoms with Crippen molar-refractivity contribution in [2.45, 2.75) is 20.5 Å². The number of halogens is 1. The largest absolute Gasteiger partial charge is 0.490 e. The van der Waals surface area contributed by atoms with E-state index in [2.05, 4.69) is 16.4 Å². The van der Waals surface area contributed by atoms with E-state index in [1.165, 1.54) is 11.6 Å². The van der Waals surface area contributed by atoms with E-state index in [0.717, 1.165) is 22.9 Å². The number of aliphatic imine (C=N–C) groups is 1. The Balaban J connectivity index is 1.52. The Bertz CT molecular complexity index is 1240. The second-order valence-electron chi connectivity index (χ2n) is 7.35. The standard InChI is InChI=1S/C26H23FN2O3S/c1-3-31-23-14-18(11-12-22(23)32-16-19-8-6-7-17(2)13-19)15-24-25(30)29-26(33-24)28-21-10-5-4-9-20(21)27/h4-15H,3,16H2,1-2H3,(H,28,29,30)/b24-15-. The fourth-order valence-corrected chi connectivity index (χ4v) is 4.08. The molecule has 1 fully saturated rings. The predicted molar refractivity (Wildman–Crippen MR) is 130 cm³/mol. The lowest BCUT2D eigenvalue weighted by atomic mass is 10.1. The molecule has 1 aliphatic heterocycles. The van der Waals surface area contributed by atoms with Crippen LogP contribution in [-0.2, 0) is 11.4 Å². The van der Waals surface area contributed by atoms with Gasteiger partial charge in [0.15, 0.2) is 16.7 Å². The smallest absolute Gasteiger partial charge is 0.264 e. The number of amides is 1. The molecule has 0 bridgehead atoms. The van der Waals surface area contributed by atoms with Crippen LogP contribution in [-0.4, -0.2) is 17.7 Å². The maximum absolute atomic E-state index is 13.9. The molecule has 1 amide bonds. The Hall–Kier alpha value is -3.58. The first kappa shape index (κ1) is 22.6. The third-order valence-electron chi connectivity index (χ3n) is 4.77. The van der Waals surface area contributed by atoms with E-state index in [9.17, 15) is 9.18 Å². The van der Waals surface area contributed by atoms with E-state index in [1.807, 2.05) is 50.2 Å². The van der Waals surface area contributed by atoms with Crippen molar-refractivity contribution >= 4 is 34.6 Å². The van der Waals surface area contributed by atoms with Crippen molar-refractivity contribution < 1.29 is 18.7 Å². The highest BCUT2D eigenvalue weighted by Crippen LogP contribution is 2.33. The summed E-state index contributed by atoms with van der Waals surface area (Å²) in [4.78, 5) is 17.1. The average molecular weight is 463 g/mol. The first-order valence-electron chi connectivity index (χ1n) is 10.5. The van der Waals surface area contributed by atoms with E-state index < -0.39 is 5.82 Å². The molecule has 0 radical (unpaired) electrons. The quantitative estimate of drug-likeness (QED) is 0.437. The fraction of sp³-hybridized carbons (Fsp3) is 0.154. The number of nitrogens with one attached hydrogen (secondary N) is 1. The number of amidine groups is 1. The van der Waals surface area contributed by atoms with E-state index in [4.69, 9.17) is 9.47 Å². The highest BCUT2D eigenvalue weighted by Gasteiger charge is 2.24. The summed E-state index contributed by atoms with van der Waals surface area (Å²) in [7, 11) is 0. The molecule has 3 aromatic carbocycles. The van der Waals surface area contributed by atoms with Gasteiger partial charge in [-0.15, -0.1) is 0 Å². The Morgan fingerprint density at radius 2 is 1.88 bits per heavy atom. The minimum absolute atomic E-state index is 0.176. The molecule has 1 heterocycles. The lowest BCUT2D eigenvalue weighted by molar-refractivity contribution is -0.115. The zero-order chi connectivity index (χ0) is 23.2. The lowest BCUT2D eigenvalue weighted by Gasteiger charge is -2.13. The van der Waals surface area contributed by atoms with Crippen LogP contribution >= 0.6 is 11.8 Å². The van der Waals surface area contributed by atoms with Crippen LogP contribution in [0.4, 0.5) is 10.1 Å². The van der Waals surface area contributed by atoms with Crippen LogP contribution in [0.15, 0.2) is 76.6 Å². The first-order valence-corrected chi connectivity index (χ1v) is 11.3. The normalized spacial score (nSPS) is 15.7. The maximum atomic E-state index is 13.9. The molecular formula is C26H23FN2O3S. The van der Waals surface area contributed by atoms with Gasteiger partial charge in [-0.25, -0.2) is 9.38 Å². The number of benzene rings is 3.